The highest BCUT2D eigenvalue weighted by Crippen LogP contribution is 2.50. The smallest absolute Gasteiger partial charge is 0.139 e. The van der Waals surface area contributed by atoms with Crippen molar-refractivity contribution >= 4 is 11.6 Å². The summed E-state index contributed by atoms with van der Waals surface area (Å²) in [4.78, 5) is 0. The van der Waals surface area contributed by atoms with Crippen LogP contribution < -0.4 is 5.73 Å². The number of phenolic OH excluding ortho intramolecular Hbond substituents is 1. The topological polar surface area (TPSA) is 46.2 Å². The van der Waals surface area contributed by atoms with Gasteiger partial charge in [0.2, 0.25) is 0 Å². The van der Waals surface area contributed by atoms with Crippen molar-refractivity contribution < 1.29 is 5.11 Å². The van der Waals surface area contributed by atoms with Gasteiger partial charge in [-0.15, -0.1) is 0 Å². The van der Waals surface area contributed by atoms with Crippen LogP contribution in [0.1, 0.15) is 48.8 Å². The molecule has 0 unspecified atom stereocenters. The maximum Gasteiger partial charge on any atom is 0.139 e. The Kier molecular flexibility index (Phi) is 2.60. The second kappa shape index (κ2) is 3.89. The number of hydrogen-bond donors (Lipinski definition) is 2. The lowest BCUT2D eigenvalue weighted by Gasteiger charge is -2.18. The van der Waals surface area contributed by atoms with E-state index in [1.54, 1.807) is 0 Å². The van der Waals surface area contributed by atoms with Gasteiger partial charge in [-0.1, -0.05) is 18.0 Å². The van der Waals surface area contributed by atoms with Crippen LogP contribution in [0.25, 0.3) is 0 Å². The predicted molar refractivity (Wildman–Crippen MR) is 69.5 cm³/mol. The lowest BCUT2D eigenvalue weighted by atomic mass is 9.94. The van der Waals surface area contributed by atoms with Crippen LogP contribution in [0, 0.1) is 0 Å². The molecule has 3 N–H and O–H groups in total. The minimum atomic E-state index is -0.310. The van der Waals surface area contributed by atoms with E-state index in [-0.39, 0.29) is 11.3 Å². The third-order valence-electron chi connectivity index (χ3n) is 4.13. The first-order chi connectivity index (χ1) is 8.12. The number of benzene rings is 1. The molecule has 2 aliphatic rings. The molecule has 0 bridgehead atoms. The van der Waals surface area contributed by atoms with Crippen molar-refractivity contribution in [2.24, 2.45) is 5.73 Å². The highest BCUT2D eigenvalue weighted by atomic mass is 35.5. The van der Waals surface area contributed by atoms with E-state index in [0.717, 1.165) is 36.8 Å². The van der Waals surface area contributed by atoms with Gasteiger partial charge in [-0.2, -0.15) is 0 Å². The summed E-state index contributed by atoms with van der Waals surface area (Å²) in [5, 5.41) is 10.8. The van der Waals surface area contributed by atoms with Gasteiger partial charge in [0.1, 0.15) is 5.75 Å². The van der Waals surface area contributed by atoms with Crippen molar-refractivity contribution in [3.05, 3.63) is 27.8 Å². The summed E-state index contributed by atoms with van der Waals surface area (Å²) in [6, 6.07) is 2.11. The van der Waals surface area contributed by atoms with Gasteiger partial charge in [0, 0.05) is 11.1 Å². The van der Waals surface area contributed by atoms with E-state index < -0.39 is 0 Å². The highest BCUT2D eigenvalue weighted by Gasteiger charge is 2.43. The second-order valence-corrected chi connectivity index (χ2v) is 5.82. The van der Waals surface area contributed by atoms with Crippen molar-refractivity contribution in [2.75, 3.05) is 0 Å². The van der Waals surface area contributed by atoms with Gasteiger partial charge in [0.05, 0.1) is 5.02 Å². The summed E-state index contributed by atoms with van der Waals surface area (Å²) in [5.74, 6) is 0.229. The molecule has 0 amide bonds. The number of aromatic hydroxyl groups is 1. The van der Waals surface area contributed by atoms with Crippen LogP contribution in [0.3, 0.4) is 0 Å². The maximum atomic E-state index is 10.2. The molecule has 0 saturated heterocycles. The molecule has 0 spiro atoms. The third kappa shape index (κ3) is 1.84. The molecule has 0 atom stereocenters. The van der Waals surface area contributed by atoms with E-state index in [0.29, 0.717) is 5.02 Å². The molecule has 1 saturated carbocycles. The number of halogens is 1. The number of rotatable bonds is 1. The molecule has 1 aromatic carbocycles. The Balaban J connectivity index is 2.14. The molecule has 0 aromatic heterocycles. The van der Waals surface area contributed by atoms with Crippen molar-refractivity contribution in [2.45, 2.75) is 50.5 Å². The Labute approximate surface area is 107 Å². The van der Waals surface area contributed by atoms with Gasteiger partial charge < -0.3 is 10.8 Å². The molecular weight excluding hydrogens is 234 g/mol. The SMILES string of the molecule is NC1(c2cc3c(c(Cl)c2O)CCCCC3)CC1. The van der Waals surface area contributed by atoms with E-state index in [1.807, 2.05) is 0 Å². The van der Waals surface area contributed by atoms with Crippen LogP contribution in [-0.2, 0) is 18.4 Å². The first-order valence-electron chi connectivity index (χ1n) is 6.44. The van der Waals surface area contributed by atoms with Crippen LogP contribution in [-0.4, -0.2) is 5.11 Å². The largest absolute Gasteiger partial charge is 0.506 e. The molecule has 2 aliphatic carbocycles. The monoisotopic (exact) mass is 251 g/mol. The number of aryl methyl sites for hydroxylation is 1. The summed E-state index contributed by atoms with van der Waals surface area (Å²) in [6.45, 7) is 0. The highest BCUT2D eigenvalue weighted by molar-refractivity contribution is 6.33. The molecule has 1 aromatic rings. The molecule has 1 fully saturated rings. The summed E-state index contributed by atoms with van der Waals surface area (Å²) < 4.78 is 0. The van der Waals surface area contributed by atoms with Crippen LogP contribution in [0.4, 0.5) is 0 Å². The summed E-state index contributed by atoms with van der Waals surface area (Å²) in [7, 11) is 0. The maximum absolute atomic E-state index is 10.2. The first kappa shape index (κ1) is 11.4. The first-order valence-corrected chi connectivity index (χ1v) is 6.82. The number of fused-ring (bicyclic) bond motifs is 1. The molecule has 92 valence electrons. The Hall–Kier alpha value is -0.730. The minimum absolute atomic E-state index is 0.229. The van der Waals surface area contributed by atoms with E-state index >= 15 is 0 Å². The van der Waals surface area contributed by atoms with Gasteiger partial charge in [-0.25, -0.2) is 0 Å². The van der Waals surface area contributed by atoms with E-state index in [4.69, 9.17) is 17.3 Å². The molecular formula is C14H18ClNO. The Bertz CT molecular complexity index is 466. The summed E-state index contributed by atoms with van der Waals surface area (Å²) >= 11 is 6.32. The Morgan fingerprint density at radius 2 is 1.88 bits per heavy atom. The zero-order valence-corrected chi connectivity index (χ0v) is 10.7. The standard InChI is InChI=1S/C14H18ClNO/c15-12-10-5-3-1-2-4-9(10)8-11(13(12)17)14(16)6-7-14/h8,17H,1-7,16H2. The van der Waals surface area contributed by atoms with Crippen LogP contribution >= 0.6 is 11.6 Å². The minimum Gasteiger partial charge on any atom is -0.506 e. The van der Waals surface area contributed by atoms with Gasteiger partial charge in [-0.3, -0.25) is 0 Å². The fourth-order valence-corrected chi connectivity index (χ4v) is 3.12. The fraction of sp³-hybridized carbons (Fsp3) is 0.571. The number of hydrogen-bond acceptors (Lipinski definition) is 2. The van der Waals surface area contributed by atoms with Gasteiger partial charge in [0.15, 0.2) is 0 Å². The quantitative estimate of drug-likeness (QED) is 0.753. The lowest BCUT2D eigenvalue weighted by Crippen LogP contribution is -2.19. The lowest BCUT2D eigenvalue weighted by molar-refractivity contribution is 0.459. The van der Waals surface area contributed by atoms with E-state index in [9.17, 15) is 5.11 Å². The predicted octanol–water partition coefficient (Wildman–Crippen LogP) is 3.26. The number of nitrogens with two attached hydrogens (primary N) is 1. The van der Waals surface area contributed by atoms with E-state index in [1.165, 1.54) is 24.8 Å². The van der Waals surface area contributed by atoms with Crippen LogP contribution in [0.2, 0.25) is 5.02 Å². The van der Waals surface area contributed by atoms with Crippen molar-refractivity contribution in [3.8, 4) is 5.75 Å². The zero-order chi connectivity index (χ0) is 12.0. The molecule has 0 aliphatic heterocycles. The summed E-state index contributed by atoms with van der Waals surface area (Å²) in [5.41, 5.74) is 9.20. The number of phenols is 1. The van der Waals surface area contributed by atoms with Crippen molar-refractivity contribution in [1.82, 2.24) is 0 Å². The molecule has 17 heavy (non-hydrogen) atoms. The van der Waals surface area contributed by atoms with Gasteiger partial charge in [-0.05, 0) is 55.7 Å². The normalized spacial score (nSPS) is 21.8. The Morgan fingerprint density at radius 1 is 1.18 bits per heavy atom. The fourth-order valence-electron chi connectivity index (χ4n) is 2.80. The van der Waals surface area contributed by atoms with E-state index in [2.05, 4.69) is 6.07 Å². The third-order valence-corrected chi connectivity index (χ3v) is 4.54. The second-order valence-electron chi connectivity index (χ2n) is 5.44. The molecule has 3 heteroatoms. The van der Waals surface area contributed by atoms with Crippen molar-refractivity contribution in [1.29, 1.82) is 0 Å². The van der Waals surface area contributed by atoms with Crippen LogP contribution in [0.5, 0.6) is 5.75 Å². The average molecular weight is 252 g/mol. The zero-order valence-electron chi connectivity index (χ0n) is 9.93. The molecule has 0 radical (unpaired) electrons. The molecule has 2 nitrogen and oxygen atoms in total. The molecule has 3 rings (SSSR count). The van der Waals surface area contributed by atoms with Crippen LogP contribution in [0.15, 0.2) is 6.07 Å². The van der Waals surface area contributed by atoms with Gasteiger partial charge in [0.25, 0.3) is 0 Å². The Morgan fingerprint density at radius 3 is 2.59 bits per heavy atom. The van der Waals surface area contributed by atoms with Gasteiger partial charge >= 0.3 is 0 Å². The van der Waals surface area contributed by atoms with Crippen molar-refractivity contribution in [3.63, 3.8) is 0 Å². The molecule has 0 heterocycles. The average Bonchev–Trinajstić information content (AvgIpc) is 3.07. The summed E-state index contributed by atoms with van der Waals surface area (Å²) in [6.07, 6.45) is 7.59.